The minimum Gasteiger partial charge on any atom is -0.272 e. The van der Waals surface area contributed by atoms with E-state index in [-0.39, 0.29) is 6.07 Å². The lowest BCUT2D eigenvalue weighted by Crippen LogP contribution is -2.02. The van der Waals surface area contributed by atoms with E-state index in [9.17, 15) is 17.6 Å². The molecule has 0 spiro atoms. The van der Waals surface area contributed by atoms with E-state index in [1.807, 2.05) is 24.5 Å². The van der Waals surface area contributed by atoms with Crippen molar-refractivity contribution in [3.05, 3.63) is 64.7 Å². The van der Waals surface area contributed by atoms with Crippen molar-refractivity contribution in [3.8, 4) is 0 Å². The van der Waals surface area contributed by atoms with Gasteiger partial charge in [0.25, 0.3) is 0 Å². The lowest BCUT2D eigenvalue weighted by molar-refractivity contribution is 0.458. The molecule has 0 amide bonds. The number of nitrogens with one attached hydrogen (secondary N) is 1. The minimum atomic E-state index is -1.52. The molecule has 110 valence electrons. The Morgan fingerprint density at radius 3 is 2.10 bits per heavy atom. The standard InChI is InChI=1S/C15H12F4N2/c1-2-9-3-5-10(6-4-9)8-20-21-15-13(18)11(16)7-12(17)14(15)19/h3-8,21H,2H2,1H3. The summed E-state index contributed by atoms with van der Waals surface area (Å²) >= 11 is 0. The second kappa shape index (κ2) is 6.39. The zero-order valence-electron chi connectivity index (χ0n) is 11.1. The fraction of sp³-hybridized carbons (Fsp3) is 0.133. The summed E-state index contributed by atoms with van der Waals surface area (Å²) in [6.07, 6.45) is 2.18. The van der Waals surface area contributed by atoms with Crippen LogP contribution >= 0.6 is 0 Å². The number of hydrogen-bond acceptors (Lipinski definition) is 2. The van der Waals surface area contributed by atoms with E-state index in [1.54, 1.807) is 12.1 Å². The molecule has 2 rings (SSSR count). The van der Waals surface area contributed by atoms with Crippen LogP contribution in [-0.2, 0) is 6.42 Å². The van der Waals surface area contributed by atoms with E-state index in [2.05, 4.69) is 5.10 Å². The van der Waals surface area contributed by atoms with Crippen LogP contribution in [0.2, 0.25) is 0 Å². The van der Waals surface area contributed by atoms with Gasteiger partial charge in [-0.15, -0.1) is 0 Å². The number of benzene rings is 2. The van der Waals surface area contributed by atoms with Crippen LogP contribution < -0.4 is 5.43 Å². The number of rotatable bonds is 4. The van der Waals surface area contributed by atoms with Gasteiger partial charge in [0.1, 0.15) is 5.69 Å². The molecule has 1 N–H and O–H groups in total. The van der Waals surface area contributed by atoms with Crippen molar-refractivity contribution in [2.45, 2.75) is 13.3 Å². The third kappa shape index (κ3) is 3.39. The third-order valence-corrected chi connectivity index (χ3v) is 2.89. The fourth-order valence-electron chi connectivity index (χ4n) is 1.68. The van der Waals surface area contributed by atoms with Crippen LogP contribution in [0.25, 0.3) is 0 Å². The smallest absolute Gasteiger partial charge is 0.186 e. The van der Waals surface area contributed by atoms with Gasteiger partial charge in [-0.05, 0) is 17.5 Å². The average molecular weight is 296 g/mol. The van der Waals surface area contributed by atoms with Crippen LogP contribution in [0.4, 0.5) is 23.2 Å². The zero-order valence-corrected chi connectivity index (χ0v) is 11.1. The molecule has 0 heterocycles. The van der Waals surface area contributed by atoms with E-state index in [1.165, 1.54) is 6.21 Å². The van der Waals surface area contributed by atoms with Crippen LogP contribution in [0, 0.1) is 23.3 Å². The zero-order chi connectivity index (χ0) is 15.4. The molecule has 0 aliphatic carbocycles. The first kappa shape index (κ1) is 15.0. The summed E-state index contributed by atoms with van der Waals surface area (Å²) in [6.45, 7) is 2.01. The number of hydrogen-bond donors (Lipinski definition) is 1. The van der Waals surface area contributed by atoms with Gasteiger partial charge in [-0.25, -0.2) is 17.6 Å². The average Bonchev–Trinajstić information content (AvgIpc) is 2.49. The molecule has 0 fully saturated rings. The predicted octanol–water partition coefficient (Wildman–Crippen LogP) is 4.25. The minimum absolute atomic E-state index is 0.142. The van der Waals surface area contributed by atoms with Gasteiger partial charge in [-0.3, -0.25) is 5.43 Å². The predicted molar refractivity (Wildman–Crippen MR) is 73.3 cm³/mol. The highest BCUT2D eigenvalue weighted by atomic mass is 19.2. The maximum atomic E-state index is 13.3. The lowest BCUT2D eigenvalue weighted by Gasteiger charge is -2.05. The van der Waals surface area contributed by atoms with E-state index in [0.717, 1.165) is 12.0 Å². The van der Waals surface area contributed by atoms with Crippen molar-refractivity contribution in [2.24, 2.45) is 5.10 Å². The molecule has 21 heavy (non-hydrogen) atoms. The largest absolute Gasteiger partial charge is 0.272 e. The second-order valence-corrected chi connectivity index (χ2v) is 4.31. The summed E-state index contributed by atoms with van der Waals surface area (Å²) in [4.78, 5) is 0. The monoisotopic (exact) mass is 296 g/mol. The van der Waals surface area contributed by atoms with Gasteiger partial charge >= 0.3 is 0 Å². The third-order valence-electron chi connectivity index (χ3n) is 2.89. The molecule has 0 unspecified atom stereocenters. The number of hydrazone groups is 1. The van der Waals surface area contributed by atoms with Gasteiger partial charge < -0.3 is 0 Å². The molecule has 0 atom stereocenters. The number of halogens is 4. The van der Waals surface area contributed by atoms with Crippen molar-refractivity contribution in [2.75, 3.05) is 5.43 Å². The van der Waals surface area contributed by atoms with E-state index in [4.69, 9.17) is 0 Å². The highest BCUT2D eigenvalue weighted by molar-refractivity contribution is 5.80. The topological polar surface area (TPSA) is 24.4 Å². The molecule has 2 aromatic rings. The van der Waals surface area contributed by atoms with Crippen molar-refractivity contribution in [1.82, 2.24) is 0 Å². The molecule has 0 saturated heterocycles. The summed E-state index contributed by atoms with van der Waals surface area (Å²) in [5.74, 6) is -6.02. The van der Waals surface area contributed by atoms with E-state index < -0.39 is 29.0 Å². The number of aryl methyl sites for hydroxylation is 1. The fourth-order valence-corrected chi connectivity index (χ4v) is 1.68. The Bertz CT molecular complexity index is 640. The quantitative estimate of drug-likeness (QED) is 0.388. The van der Waals surface area contributed by atoms with Crippen molar-refractivity contribution in [1.29, 1.82) is 0 Å². The van der Waals surface area contributed by atoms with Crippen LogP contribution in [0.15, 0.2) is 35.4 Å². The lowest BCUT2D eigenvalue weighted by atomic mass is 10.1. The van der Waals surface area contributed by atoms with Gasteiger partial charge in [0, 0.05) is 6.07 Å². The Labute approximate surface area is 119 Å². The Morgan fingerprint density at radius 2 is 1.57 bits per heavy atom. The molecular formula is C15H12F4N2. The first-order valence-electron chi connectivity index (χ1n) is 6.24. The molecule has 0 aliphatic rings. The molecule has 0 saturated carbocycles. The normalized spacial score (nSPS) is 11.1. The molecule has 2 nitrogen and oxygen atoms in total. The summed E-state index contributed by atoms with van der Waals surface area (Å²) in [5, 5.41) is 3.58. The Balaban J connectivity index is 2.17. The molecule has 2 aromatic carbocycles. The number of nitrogens with zero attached hydrogens (tertiary/aromatic N) is 1. The van der Waals surface area contributed by atoms with E-state index in [0.29, 0.717) is 5.56 Å². The van der Waals surface area contributed by atoms with Crippen molar-refractivity contribution in [3.63, 3.8) is 0 Å². The first-order valence-corrected chi connectivity index (χ1v) is 6.24. The summed E-state index contributed by atoms with van der Waals surface area (Å²) in [5.41, 5.74) is 2.82. The maximum Gasteiger partial charge on any atom is 0.186 e. The van der Waals surface area contributed by atoms with Gasteiger partial charge in [-0.1, -0.05) is 31.2 Å². The van der Waals surface area contributed by atoms with Crippen molar-refractivity contribution < 1.29 is 17.6 Å². The van der Waals surface area contributed by atoms with Crippen LogP contribution in [0.1, 0.15) is 18.1 Å². The van der Waals surface area contributed by atoms with Gasteiger partial charge in [0.2, 0.25) is 0 Å². The summed E-state index contributed by atoms with van der Waals surface area (Å²) < 4.78 is 52.7. The first-order chi connectivity index (χ1) is 10.0. The highest BCUT2D eigenvalue weighted by Crippen LogP contribution is 2.23. The molecule has 0 bridgehead atoms. The Morgan fingerprint density at radius 1 is 1.00 bits per heavy atom. The Hall–Kier alpha value is -2.37. The van der Waals surface area contributed by atoms with Gasteiger partial charge in [-0.2, -0.15) is 5.10 Å². The SMILES string of the molecule is CCc1ccc(C=NNc2c(F)c(F)cc(F)c2F)cc1. The van der Waals surface area contributed by atoms with Crippen LogP contribution in [-0.4, -0.2) is 6.21 Å². The van der Waals surface area contributed by atoms with Gasteiger partial charge in [0.15, 0.2) is 23.3 Å². The second-order valence-electron chi connectivity index (χ2n) is 4.31. The van der Waals surface area contributed by atoms with Gasteiger partial charge in [0.05, 0.1) is 6.21 Å². The van der Waals surface area contributed by atoms with Crippen LogP contribution in [0.3, 0.4) is 0 Å². The van der Waals surface area contributed by atoms with Crippen LogP contribution in [0.5, 0.6) is 0 Å². The molecule has 6 heteroatoms. The molecular weight excluding hydrogens is 284 g/mol. The molecule has 0 radical (unpaired) electrons. The molecule has 0 aliphatic heterocycles. The highest BCUT2D eigenvalue weighted by Gasteiger charge is 2.18. The summed E-state index contributed by atoms with van der Waals surface area (Å²) in [6, 6.07) is 7.43. The summed E-state index contributed by atoms with van der Waals surface area (Å²) in [7, 11) is 0. The number of anilines is 1. The van der Waals surface area contributed by atoms with E-state index >= 15 is 0 Å². The Kier molecular flexibility index (Phi) is 4.57. The maximum absolute atomic E-state index is 13.3. The molecule has 0 aromatic heterocycles. The van der Waals surface area contributed by atoms with Crippen molar-refractivity contribution >= 4 is 11.9 Å².